The number of fused-ring (bicyclic) bond motifs is 3. The zero-order valence-electron chi connectivity index (χ0n) is 15.5. The first kappa shape index (κ1) is 18.6. The molecule has 0 spiro atoms. The van der Waals surface area contributed by atoms with Crippen LogP contribution in [0.2, 0.25) is 5.02 Å². The Morgan fingerprint density at radius 3 is 2.93 bits per heavy atom. The Morgan fingerprint density at radius 1 is 1.36 bits per heavy atom. The molecular weight excluding hydrogens is 376 g/mol. The van der Waals surface area contributed by atoms with E-state index in [0.717, 1.165) is 29.0 Å². The van der Waals surface area contributed by atoms with Crippen LogP contribution in [0.1, 0.15) is 36.4 Å². The molecule has 28 heavy (non-hydrogen) atoms. The molecule has 1 N–H and O–H groups in total. The maximum atomic E-state index is 11.3. The van der Waals surface area contributed by atoms with Crippen LogP contribution in [0.3, 0.4) is 0 Å². The summed E-state index contributed by atoms with van der Waals surface area (Å²) in [5.74, 6) is 1.34. The third-order valence-electron chi connectivity index (χ3n) is 5.35. The van der Waals surface area contributed by atoms with Crippen LogP contribution < -0.4 is 10.1 Å². The number of hydrogen-bond donors (Lipinski definition) is 1. The third-order valence-corrected chi connectivity index (χ3v) is 5.67. The molecule has 0 bridgehead atoms. The number of nitro groups is 1. The molecular formula is C22H21ClN2O3. The van der Waals surface area contributed by atoms with Crippen LogP contribution in [0.4, 0.5) is 11.4 Å². The van der Waals surface area contributed by atoms with Crippen LogP contribution in [0.25, 0.3) is 0 Å². The van der Waals surface area contributed by atoms with Gasteiger partial charge in [0.2, 0.25) is 0 Å². The Labute approximate surface area is 168 Å². The molecule has 1 aliphatic heterocycles. The molecule has 0 radical (unpaired) electrons. The highest BCUT2D eigenvalue weighted by Crippen LogP contribution is 2.51. The molecule has 6 heteroatoms. The first-order valence-corrected chi connectivity index (χ1v) is 9.60. The van der Waals surface area contributed by atoms with Crippen LogP contribution in [0.15, 0.2) is 60.7 Å². The standard InChI is InChI=1S/C22H21ClN2O3/c1-13(2)12-28-15-7-9-20-18(11-15)16-4-3-5-17(16)22(24-20)14-6-8-19(23)21(10-14)25(26)27/h3-4,6-11,16-17,22,24H,1,5,12H2,2H3. The molecule has 0 saturated heterocycles. The third kappa shape index (κ3) is 3.38. The molecule has 3 atom stereocenters. The number of nitrogens with one attached hydrogen (secondary N) is 1. The monoisotopic (exact) mass is 396 g/mol. The van der Waals surface area contributed by atoms with Gasteiger partial charge in [-0.3, -0.25) is 10.1 Å². The number of rotatable bonds is 5. The average Bonchev–Trinajstić information content (AvgIpc) is 3.16. The van der Waals surface area contributed by atoms with Crippen LogP contribution in [-0.2, 0) is 0 Å². The van der Waals surface area contributed by atoms with E-state index < -0.39 is 4.92 Å². The van der Waals surface area contributed by atoms with E-state index in [4.69, 9.17) is 16.3 Å². The fourth-order valence-corrected chi connectivity index (χ4v) is 4.25. The van der Waals surface area contributed by atoms with E-state index in [0.29, 0.717) is 6.61 Å². The normalized spacial score (nSPS) is 22.1. The largest absolute Gasteiger partial charge is 0.489 e. The Kier molecular flexibility index (Phi) is 4.85. The second-order valence-electron chi connectivity index (χ2n) is 7.44. The summed E-state index contributed by atoms with van der Waals surface area (Å²) in [6.07, 6.45) is 5.32. The molecule has 0 amide bonds. The highest BCUT2D eigenvalue weighted by molar-refractivity contribution is 6.32. The van der Waals surface area contributed by atoms with E-state index in [1.165, 1.54) is 5.56 Å². The Balaban J connectivity index is 1.69. The number of allylic oxidation sites excluding steroid dienone is 2. The van der Waals surface area contributed by atoms with Crippen molar-refractivity contribution < 1.29 is 9.66 Å². The maximum absolute atomic E-state index is 11.3. The van der Waals surface area contributed by atoms with E-state index >= 15 is 0 Å². The maximum Gasteiger partial charge on any atom is 0.288 e. The minimum Gasteiger partial charge on any atom is -0.489 e. The number of anilines is 1. The number of ether oxygens (including phenoxy) is 1. The molecule has 5 nitrogen and oxygen atoms in total. The van der Waals surface area contributed by atoms with E-state index in [1.807, 2.05) is 25.1 Å². The van der Waals surface area contributed by atoms with Crippen LogP contribution in [-0.4, -0.2) is 11.5 Å². The first-order valence-electron chi connectivity index (χ1n) is 9.22. The van der Waals surface area contributed by atoms with Gasteiger partial charge in [-0.25, -0.2) is 0 Å². The molecule has 2 aliphatic rings. The van der Waals surface area contributed by atoms with E-state index in [2.05, 4.69) is 30.1 Å². The molecule has 2 aromatic carbocycles. The van der Waals surface area contributed by atoms with Gasteiger partial charge in [0.25, 0.3) is 5.69 Å². The number of benzene rings is 2. The lowest BCUT2D eigenvalue weighted by atomic mass is 9.77. The van der Waals surface area contributed by atoms with Gasteiger partial charge in [0.05, 0.1) is 11.0 Å². The van der Waals surface area contributed by atoms with Crippen molar-refractivity contribution in [2.45, 2.75) is 25.3 Å². The lowest BCUT2D eigenvalue weighted by molar-refractivity contribution is -0.384. The summed E-state index contributed by atoms with van der Waals surface area (Å²) >= 11 is 6.00. The predicted molar refractivity (Wildman–Crippen MR) is 111 cm³/mol. The summed E-state index contributed by atoms with van der Waals surface area (Å²) in [5, 5.41) is 15.0. The fraction of sp³-hybridized carbons (Fsp3) is 0.273. The summed E-state index contributed by atoms with van der Waals surface area (Å²) in [6.45, 7) is 6.30. The van der Waals surface area contributed by atoms with Crippen molar-refractivity contribution in [3.8, 4) is 5.75 Å². The van der Waals surface area contributed by atoms with Gasteiger partial charge in [0.1, 0.15) is 17.4 Å². The van der Waals surface area contributed by atoms with Crippen molar-refractivity contribution in [1.29, 1.82) is 0 Å². The van der Waals surface area contributed by atoms with Gasteiger partial charge in [-0.05, 0) is 60.2 Å². The quantitative estimate of drug-likeness (QED) is 0.380. The summed E-state index contributed by atoms with van der Waals surface area (Å²) in [5.41, 5.74) is 4.01. The molecule has 3 unspecified atom stereocenters. The van der Waals surface area contributed by atoms with E-state index in [1.54, 1.807) is 12.1 Å². The van der Waals surface area contributed by atoms with Crippen molar-refractivity contribution in [3.63, 3.8) is 0 Å². The second kappa shape index (κ2) is 7.32. The number of nitro benzene ring substituents is 1. The topological polar surface area (TPSA) is 64.4 Å². The Morgan fingerprint density at radius 2 is 2.18 bits per heavy atom. The van der Waals surface area contributed by atoms with Crippen LogP contribution in [0.5, 0.6) is 5.75 Å². The molecule has 2 aromatic rings. The molecule has 0 aromatic heterocycles. The van der Waals surface area contributed by atoms with Gasteiger partial charge < -0.3 is 10.1 Å². The molecule has 1 aliphatic carbocycles. The summed E-state index contributed by atoms with van der Waals surface area (Å²) in [4.78, 5) is 10.9. The predicted octanol–water partition coefficient (Wildman–Crippen LogP) is 6.03. The minimum atomic E-state index is -0.432. The van der Waals surface area contributed by atoms with E-state index in [-0.39, 0.29) is 28.6 Å². The SMILES string of the molecule is C=C(C)COc1ccc2c(c1)C1C=CCC1C(c1ccc(Cl)c([N+](=O)[O-])c1)N2. The molecule has 1 heterocycles. The summed E-state index contributed by atoms with van der Waals surface area (Å²) < 4.78 is 5.81. The second-order valence-corrected chi connectivity index (χ2v) is 7.85. The van der Waals surface area contributed by atoms with E-state index in [9.17, 15) is 10.1 Å². The van der Waals surface area contributed by atoms with Crippen molar-refractivity contribution in [3.05, 3.63) is 87.0 Å². The highest BCUT2D eigenvalue weighted by Gasteiger charge is 2.38. The van der Waals surface area contributed by atoms with Gasteiger partial charge in [0.15, 0.2) is 0 Å². The van der Waals surface area contributed by atoms with Gasteiger partial charge in [0, 0.05) is 17.7 Å². The molecule has 144 valence electrons. The van der Waals surface area contributed by atoms with Crippen molar-refractivity contribution in [2.75, 3.05) is 11.9 Å². The van der Waals surface area contributed by atoms with Crippen molar-refractivity contribution >= 4 is 23.0 Å². The van der Waals surface area contributed by atoms with Gasteiger partial charge in [-0.15, -0.1) is 0 Å². The van der Waals surface area contributed by atoms with Crippen molar-refractivity contribution in [2.24, 2.45) is 5.92 Å². The van der Waals surface area contributed by atoms with Crippen LogP contribution >= 0.6 is 11.6 Å². The smallest absolute Gasteiger partial charge is 0.288 e. The number of hydrogen-bond acceptors (Lipinski definition) is 4. The summed E-state index contributed by atoms with van der Waals surface area (Å²) in [6, 6.07) is 11.1. The first-order chi connectivity index (χ1) is 13.4. The zero-order chi connectivity index (χ0) is 19.8. The van der Waals surface area contributed by atoms with Crippen LogP contribution in [0, 0.1) is 16.0 Å². The van der Waals surface area contributed by atoms with Crippen molar-refractivity contribution in [1.82, 2.24) is 0 Å². The Bertz CT molecular complexity index is 986. The average molecular weight is 397 g/mol. The minimum absolute atomic E-state index is 0.0225. The molecule has 4 rings (SSSR count). The van der Waals surface area contributed by atoms with Gasteiger partial charge >= 0.3 is 0 Å². The lowest BCUT2D eigenvalue weighted by Gasteiger charge is -2.37. The highest BCUT2D eigenvalue weighted by atomic mass is 35.5. The van der Waals surface area contributed by atoms with Gasteiger partial charge in [-0.2, -0.15) is 0 Å². The zero-order valence-corrected chi connectivity index (χ0v) is 16.3. The summed E-state index contributed by atoms with van der Waals surface area (Å²) in [7, 11) is 0. The molecule has 0 fully saturated rings. The fourth-order valence-electron chi connectivity index (χ4n) is 4.06. The number of nitrogens with zero attached hydrogens (tertiary/aromatic N) is 1. The lowest BCUT2D eigenvalue weighted by Crippen LogP contribution is -2.29. The Hall–Kier alpha value is -2.79. The molecule has 0 saturated carbocycles. The van der Waals surface area contributed by atoms with Gasteiger partial charge in [-0.1, -0.05) is 36.4 Å². The number of halogens is 1.